The minimum atomic E-state index is 0.533. The van der Waals surface area contributed by atoms with E-state index in [9.17, 15) is 0 Å². The second-order valence-electron chi connectivity index (χ2n) is 3.43. The van der Waals surface area contributed by atoms with Gasteiger partial charge in [0.2, 0.25) is 0 Å². The van der Waals surface area contributed by atoms with E-state index in [1.54, 1.807) is 0 Å². The smallest absolute Gasteiger partial charge is 0.189 e. The van der Waals surface area contributed by atoms with Gasteiger partial charge in [0.05, 0.1) is 5.69 Å². The van der Waals surface area contributed by atoms with E-state index >= 15 is 0 Å². The van der Waals surface area contributed by atoms with Gasteiger partial charge in [0.1, 0.15) is 5.82 Å². The predicted octanol–water partition coefficient (Wildman–Crippen LogP) is 2.37. The van der Waals surface area contributed by atoms with Gasteiger partial charge in [0.25, 0.3) is 0 Å². The van der Waals surface area contributed by atoms with Gasteiger partial charge in [0, 0.05) is 12.5 Å². The Kier molecular flexibility index (Phi) is 3.41. The summed E-state index contributed by atoms with van der Waals surface area (Å²) in [6, 6.07) is 12.0. The van der Waals surface area contributed by atoms with E-state index in [1.807, 2.05) is 30.5 Å². The number of thioether (sulfide) groups is 1. The molecule has 0 bridgehead atoms. The highest BCUT2D eigenvalue weighted by Gasteiger charge is 2.02. The average molecular weight is 231 g/mol. The van der Waals surface area contributed by atoms with Crippen LogP contribution in [0.15, 0.2) is 41.6 Å². The number of anilines is 1. The summed E-state index contributed by atoms with van der Waals surface area (Å²) in [6.45, 7) is 0. The third-order valence-corrected chi connectivity index (χ3v) is 2.74. The third-order valence-electron chi connectivity index (χ3n) is 2.19. The van der Waals surface area contributed by atoms with Gasteiger partial charge in [-0.25, -0.2) is 9.97 Å². The summed E-state index contributed by atoms with van der Waals surface area (Å²) in [7, 11) is 0. The molecule has 3 nitrogen and oxygen atoms in total. The van der Waals surface area contributed by atoms with Crippen molar-refractivity contribution >= 4 is 17.6 Å². The summed E-state index contributed by atoms with van der Waals surface area (Å²) < 4.78 is 0. The van der Waals surface area contributed by atoms with Crippen LogP contribution in [0.4, 0.5) is 5.82 Å². The highest BCUT2D eigenvalue weighted by atomic mass is 32.2. The topological polar surface area (TPSA) is 51.8 Å². The molecule has 2 aromatic rings. The Morgan fingerprint density at radius 2 is 1.94 bits per heavy atom. The molecular formula is C12H13N3S. The lowest BCUT2D eigenvalue weighted by atomic mass is 10.1. The van der Waals surface area contributed by atoms with Gasteiger partial charge in [-0.1, -0.05) is 42.1 Å². The van der Waals surface area contributed by atoms with Crippen molar-refractivity contribution in [2.75, 3.05) is 12.0 Å². The van der Waals surface area contributed by atoms with E-state index < -0.39 is 0 Å². The fraction of sp³-hybridized carbons (Fsp3) is 0.167. The lowest BCUT2D eigenvalue weighted by Gasteiger charge is -2.04. The largest absolute Gasteiger partial charge is 0.384 e. The molecule has 1 heterocycles. The molecule has 0 radical (unpaired) electrons. The van der Waals surface area contributed by atoms with E-state index in [4.69, 9.17) is 5.73 Å². The second-order valence-corrected chi connectivity index (χ2v) is 4.21. The van der Waals surface area contributed by atoms with Gasteiger partial charge in [0.15, 0.2) is 5.16 Å². The summed E-state index contributed by atoms with van der Waals surface area (Å²) in [5, 5.41) is 0.728. The number of nitrogens with zero attached hydrogens (tertiary/aromatic N) is 2. The van der Waals surface area contributed by atoms with E-state index in [0.717, 1.165) is 17.3 Å². The van der Waals surface area contributed by atoms with E-state index in [1.165, 1.54) is 17.3 Å². The van der Waals surface area contributed by atoms with Gasteiger partial charge in [-0.2, -0.15) is 0 Å². The SMILES string of the molecule is CSc1nc(N)cc(Cc2ccccc2)n1. The van der Waals surface area contributed by atoms with Crippen LogP contribution in [0.5, 0.6) is 0 Å². The normalized spacial score (nSPS) is 10.3. The molecule has 0 aliphatic heterocycles. The molecule has 0 amide bonds. The van der Waals surface area contributed by atoms with Crippen LogP contribution < -0.4 is 5.73 Å². The molecule has 16 heavy (non-hydrogen) atoms. The second kappa shape index (κ2) is 4.99. The van der Waals surface area contributed by atoms with Gasteiger partial charge >= 0.3 is 0 Å². The highest BCUT2D eigenvalue weighted by molar-refractivity contribution is 7.98. The van der Waals surface area contributed by atoms with Crippen LogP contribution in [0, 0.1) is 0 Å². The zero-order chi connectivity index (χ0) is 11.4. The van der Waals surface area contributed by atoms with E-state index in [-0.39, 0.29) is 0 Å². The number of nitrogens with two attached hydrogens (primary N) is 1. The zero-order valence-electron chi connectivity index (χ0n) is 9.05. The standard InChI is InChI=1S/C12H13N3S/c1-16-12-14-10(8-11(13)15-12)7-9-5-3-2-4-6-9/h2-6,8H,7H2,1H3,(H2,13,14,15). The Morgan fingerprint density at radius 3 is 2.62 bits per heavy atom. The monoisotopic (exact) mass is 231 g/mol. The maximum Gasteiger partial charge on any atom is 0.189 e. The molecule has 0 atom stereocenters. The Labute approximate surface area is 99.1 Å². The van der Waals surface area contributed by atoms with Gasteiger partial charge in [-0.05, 0) is 11.8 Å². The third kappa shape index (κ3) is 2.73. The summed E-state index contributed by atoms with van der Waals surface area (Å²) in [6.07, 6.45) is 2.74. The van der Waals surface area contributed by atoms with Crippen LogP contribution >= 0.6 is 11.8 Å². The first-order valence-electron chi connectivity index (χ1n) is 4.99. The molecule has 0 saturated heterocycles. The van der Waals surface area contributed by atoms with Crippen molar-refractivity contribution in [3.05, 3.63) is 47.7 Å². The number of rotatable bonds is 3. The molecule has 2 N–H and O–H groups in total. The lowest BCUT2D eigenvalue weighted by molar-refractivity contribution is 0.912. The maximum absolute atomic E-state index is 5.72. The maximum atomic E-state index is 5.72. The molecule has 0 fully saturated rings. The predicted molar refractivity (Wildman–Crippen MR) is 67.5 cm³/mol. The molecule has 82 valence electrons. The number of nitrogen functional groups attached to an aromatic ring is 1. The summed E-state index contributed by atoms with van der Waals surface area (Å²) in [5.74, 6) is 0.533. The fourth-order valence-corrected chi connectivity index (χ4v) is 1.89. The number of hydrogen-bond donors (Lipinski definition) is 1. The molecule has 0 aliphatic carbocycles. The number of hydrogen-bond acceptors (Lipinski definition) is 4. The summed E-state index contributed by atoms with van der Waals surface area (Å²) in [5.41, 5.74) is 7.91. The molecule has 0 spiro atoms. The van der Waals surface area contributed by atoms with Crippen LogP contribution in [0.1, 0.15) is 11.3 Å². The van der Waals surface area contributed by atoms with Gasteiger partial charge < -0.3 is 5.73 Å². The Balaban J connectivity index is 2.24. The molecule has 0 saturated carbocycles. The van der Waals surface area contributed by atoms with E-state index in [2.05, 4.69) is 22.1 Å². The first kappa shape index (κ1) is 11.0. The molecule has 1 aromatic carbocycles. The van der Waals surface area contributed by atoms with Crippen LogP contribution in [0.3, 0.4) is 0 Å². The zero-order valence-corrected chi connectivity index (χ0v) is 9.87. The summed E-state index contributed by atoms with van der Waals surface area (Å²) in [4.78, 5) is 8.54. The lowest BCUT2D eigenvalue weighted by Crippen LogP contribution is -2.00. The molecular weight excluding hydrogens is 218 g/mol. The van der Waals surface area contributed by atoms with Crippen molar-refractivity contribution in [2.45, 2.75) is 11.6 Å². The fourth-order valence-electron chi connectivity index (χ4n) is 1.48. The van der Waals surface area contributed by atoms with Crippen molar-refractivity contribution in [1.82, 2.24) is 9.97 Å². The van der Waals surface area contributed by atoms with Crippen molar-refractivity contribution < 1.29 is 0 Å². The van der Waals surface area contributed by atoms with E-state index in [0.29, 0.717) is 5.82 Å². The van der Waals surface area contributed by atoms with Crippen LogP contribution in [0.2, 0.25) is 0 Å². The van der Waals surface area contributed by atoms with Crippen molar-refractivity contribution in [3.63, 3.8) is 0 Å². The Bertz CT molecular complexity index is 471. The Hall–Kier alpha value is -1.55. The van der Waals surface area contributed by atoms with Crippen molar-refractivity contribution in [2.24, 2.45) is 0 Å². The molecule has 1 aromatic heterocycles. The quantitative estimate of drug-likeness (QED) is 0.651. The minimum absolute atomic E-state index is 0.533. The molecule has 4 heteroatoms. The van der Waals surface area contributed by atoms with Gasteiger partial charge in [-0.15, -0.1) is 0 Å². The first-order valence-corrected chi connectivity index (χ1v) is 6.22. The van der Waals surface area contributed by atoms with Crippen molar-refractivity contribution in [1.29, 1.82) is 0 Å². The highest BCUT2D eigenvalue weighted by Crippen LogP contribution is 2.14. The Morgan fingerprint density at radius 1 is 1.19 bits per heavy atom. The minimum Gasteiger partial charge on any atom is -0.384 e. The van der Waals surface area contributed by atoms with Crippen molar-refractivity contribution in [3.8, 4) is 0 Å². The number of benzene rings is 1. The van der Waals surface area contributed by atoms with Crippen LogP contribution in [-0.2, 0) is 6.42 Å². The average Bonchev–Trinajstić information content (AvgIpc) is 2.29. The molecule has 0 unspecified atom stereocenters. The number of aromatic nitrogens is 2. The van der Waals surface area contributed by atoms with Crippen LogP contribution in [0.25, 0.3) is 0 Å². The molecule has 0 aliphatic rings. The summed E-state index contributed by atoms with van der Waals surface area (Å²) >= 11 is 1.51. The first-order chi connectivity index (χ1) is 7.78. The van der Waals surface area contributed by atoms with Gasteiger partial charge in [-0.3, -0.25) is 0 Å². The van der Waals surface area contributed by atoms with Crippen LogP contribution in [-0.4, -0.2) is 16.2 Å². The molecule has 2 rings (SSSR count).